The highest BCUT2D eigenvalue weighted by Crippen LogP contribution is 2.31. The fourth-order valence-electron chi connectivity index (χ4n) is 1.97. The molecule has 0 aliphatic carbocycles. The van der Waals surface area contributed by atoms with Gasteiger partial charge in [-0.1, -0.05) is 0 Å². The summed E-state index contributed by atoms with van der Waals surface area (Å²) in [5, 5.41) is 10.0. The van der Waals surface area contributed by atoms with Crippen LogP contribution in [-0.4, -0.2) is 18.3 Å². The molecule has 0 spiro atoms. The average Bonchev–Trinajstić information content (AvgIpc) is 2.66. The molecule has 0 amide bonds. The first-order valence-corrected chi connectivity index (χ1v) is 6.05. The smallest absolute Gasteiger partial charge is 0.174 e. The van der Waals surface area contributed by atoms with Crippen LogP contribution in [0.15, 0.2) is 21.4 Å². The molecule has 3 nitrogen and oxygen atoms in total. The zero-order valence-corrected chi connectivity index (χ0v) is 10.1. The Morgan fingerprint density at radius 2 is 2.20 bits per heavy atom. The fourth-order valence-corrected chi connectivity index (χ4v) is 2.47. The van der Waals surface area contributed by atoms with Crippen molar-refractivity contribution in [1.82, 2.24) is 0 Å². The van der Waals surface area contributed by atoms with Crippen molar-refractivity contribution in [3.63, 3.8) is 0 Å². The van der Waals surface area contributed by atoms with E-state index >= 15 is 0 Å². The highest BCUT2D eigenvalue weighted by molar-refractivity contribution is 9.10. The molecule has 4 heteroatoms. The summed E-state index contributed by atoms with van der Waals surface area (Å²) in [4.78, 5) is 0. The molecule has 0 aromatic carbocycles. The Morgan fingerprint density at radius 3 is 2.80 bits per heavy atom. The minimum atomic E-state index is -0.429. The lowest BCUT2D eigenvalue weighted by Gasteiger charge is -2.23. The van der Waals surface area contributed by atoms with Crippen LogP contribution in [0.3, 0.4) is 0 Å². The molecule has 1 aromatic heterocycles. The Hall–Kier alpha value is -0.320. The summed E-state index contributed by atoms with van der Waals surface area (Å²) in [6, 6.07) is 1.81. The van der Waals surface area contributed by atoms with Crippen molar-refractivity contribution in [2.45, 2.75) is 25.4 Å². The number of furan rings is 1. The maximum Gasteiger partial charge on any atom is 0.174 e. The third-order valence-corrected chi connectivity index (χ3v) is 3.55. The van der Waals surface area contributed by atoms with Crippen molar-refractivity contribution in [3.8, 4) is 0 Å². The van der Waals surface area contributed by atoms with Crippen LogP contribution in [0.2, 0.25) is 0 Å². The largest absolute Gasteiger partial charge is 0.457 e. The quantitative estimate of drug-likeness (QED) is 0.922. The molecular formula is C11H15BrO3. The molecule has 1 aliphatic rings. The van der Waals surface area contributed by atoms with Gasteiger partial charge in [0.05, 0.1) is 12.4 Å². The highest BCUT2D eigenvalue weighted by Gasteiger charge is 2.21. The van der Waals surface area contributed by atoms with E-state index in [1.807, 2.05) is 6.07 Å². The Balaban J connectivity index is 1.91. The topological polar surface area (TPSA) is 42.6 Å². The second-order valence-electron chi connectivity index (χ2n) is 3.96. The van der Waals surface area contributed by atoms with E-state index in [1.54, 1.807) is 6.26 Å². The van der Waals surface area contributed by atoms with Crippen LogP contribution in [0.25, 0.3) is 0 Å². The van der Waals surface area contributed by atoms with Gasteiger partial charge >= 0.3 is 0 Å². The summed E-state index contributed by atoms with van der Waals surface area (Å²) in [7, 11) is 0. The molecule has 1 aliphatic heterocycles. The maximum atomic E-state index is 10.0. The van der Waals surface area contributed by atoms with Gasteiger partial charge in [0.15, 0.2) is 4.67 Å². The van der Waals surface area contributed by atoms with E-state index in [4.69, 9.17) is 9.15 Å². The van der Waals surface area contributed by atoms with Crippen molar-refractivity contribution >= 4 is 15.9 Å². The van der Waals surface area contributed by atoms with Crippen LogP contribution in [-0.2, 0) is 4.74 Å². The van der Waals surface area contributed by atoms with Crippen LogP contribution < -0.4 is 0 Å². The fraction of sp³-hybridized carbons (Fsp3) is 0.636. The van der Waals surface area contributed by atoms with Crippen LogP contribution in [0.1, 0.15) is 30.9 Å². The summed E-state index contributed by atoms with van der Waals surface area (Å²) in [6.45, 7) is 1.65. The van der Waals surface area contributed by atoms with Gasteiger partial charge in [0.25, 0.3) is 0 Å². The predicted molar refractivity (Wildman–Crippen MR) is 59.5 cm³/mol. The molecule has 1 atom stereocenters. The number of rotatable bonds is 3. The van der Waals surface area contributed by atoms with Crippen molar-refractivity contribution in [2.75, 3.05) is 13.2 Å². The molecule has 1 saturated heterocycles. The lowest BCUT2D eigenvalue weighted by atomic mass is 9.92. The van der Waals surface area contributed by atoms with E-state index in [-0.39, 0.29) is 0 Å². The Bertz CT molecular complexity index is 305. The third kappa shape index (κ3) is 2.83. The first-order valence-electron chi connectivity index (χ1n) is 5.26. The number of ether oxygens (including phenoxy) is 1. The van der Waals surface area contributed by atoms with Gasteiger partial charge < -0.3 is 14.3 Å². The first kappa shape index (κ1) is 11.2. The maximum absolute atomic E-state index is 10.0. The second-order valence-corrected chi connectivity index (χ2v) is 4.68. The number of aliphatic hydroxyl groups is 1. The van der Waals surface area contributed by atoms with Crippen molar-refractivity contribution < 1.29 is 14.3 Å². The van der Waals surface area contributed by atoms with Crippen LogP contribution in [0.4, 0.5) is 0 Å². The minimum absolute atomic E-state index is 0.429. The lowest BCUT2D eigenvalue weighted by molar-refractivity contribution is 0.0432. The molecule has 1 unspecified atom stereocenters. The van der Waals surface area contributed by atoms with Crippen molar-refractivity contribution in [1.29, 1.82) is 0 Å². The van der Waals surface area contributed by atoms with Gasteiger partial charge in [-0.25, -0.2) is 0 Å². The highest BCUT2D eigenvalue weighted by atomic mass is 79.9. The minimum Gasteiger partial charge on any atom is -0.457 e. The van der Waals surface area contributed by atoms with Crippen LogP contribution >= 0.6 is 15.9 Å². The van der Waals surface area contributed by atoms with Gasteiger partial charge in [0.1, 0.15) is 0 Å². The van der Waals surface area contributed by atoms with Gasteiger partial charge in [-0.05, 0) is 47.2 Å². The van der Waals surface area contributed by atoms with Crippen molar-refractivity contribution in [3.05, 3.63) is 22.6 Å². The predicted octanol–water partition coefficient (Wildman–Crippen LogP) is 2.89. The molecule has 1 fully saturated rings. The monoisotopic (exact) mass is 274 g/mol. The molecule has 0 bridgehead atoms. The molecule has 0 radical (unpaired) electrons. The molecule has 1 aromatic rings. The second kappa shape index (κ2) is 5.14. The van der Waals surface area contributed by atoms with Gasteiger partial charge in [-0.15, -0.1) is 0 Å². The molecule has 1 N–H and O–H groups in total. The zero-order chi connectivity index (χ0) is 10.7. The Morgan fingerprint density at radius 1 is 1.47 bits per heavy atom. The molecule has 15 heavy (non-hydrogen) atoms. The molecule has 0 saturated carbocycles. The van der Waals surface area contributed by atoms with Crippen molar-refractivity contribution in [2.24, 2.45) is 5.92 Å². The number of hydrogen-bond acceptors (Lipinski definition) is 3. The van der Waals surface area contributed by atoms with Gasteiger partial charge in [-0.2, -0.15) is 0 Å². The standard InChI is InChI=1S/C11H15BrO3/c12-11-9(3-6-15-11)10(13)7-8-1-4-14-5-2-8/h3,6,8,10,13H,1-2,4-5,7H2. The van der Waals surface area contributed by atoms with Gasteiger partial charge in [0, 0.05) is 18.8 Å². The summed E-state index contributed by atoms with van der Waals surface area (Å²) in [5.41, 5.74) is 0.849. The van der Waals surface area contributed by atoms with E-state index in [0.717, 1.165) is 38.0 Å². The van der Waals surface area contributed by atoms with Crippen LogP contribution in [0.5, 0.6) is 0 Å². The SMILES string of the molecule is OC(CC1CCOCC1)c1ccoc1Br. The molecule has 2 heterocycles. The normalized spacial score (nSPS) is 20.4. The summed E-state index contributed by atoms with van der Waals surface area (Å²) in [6.07, 6.45) is 4.05. The number of aliphatic hydroxyl groups excluding tert-OH is 1. The summed E-state index contributed by atoms with van der Waals surface area (Å²) < 4.78 is 11.0. The zero-order valence-electron chi connectivity index (χ0n) is 8.49. The third-order valence-electron chi connectivity index (χ3n) is 2.90. The van der Waals surface area contributed by atoms with E-state index in [9.17, 15) is 5.11 Å². The van der Waals surface area contributed by atoms with E-state index in [0.29, 0.717) is 10.6 Å². The first-order chi connectivity index (χ1) is 7.27. The lowest BCUT2D eigenvalue weighted by Crippen LogP contribution is -2.18. The molecular weight excluding hydrogens is 260 g/mol. The van der Waals surface area contributed by atoms with E-state index < -0.39 is 6.10 Å². The Labute approximate surface area is 97.5 Å². The van der Waals surface area contributed by atoms with Gasteiger partial charge in [-0.3, -0.25) is 0 Å². The van der Waals surface area contributed by atoms with E-state index in [2.05, 4.69) is 15.9 Å². The average molecular weight is 275 g/mol. The van der Waals surface area contributed by atoms with E-state index in [1.165, 1.54) is 0 Å². The molecule has 2 rings (SSSR count). The summed E-state index contributed by atoms with van der Waals surface area (Å²) >= 11 is 3.28. The Kier molecular flexibility index (Phi) is 3.83. The molecule has 84 valence electrons. The summed E-state index contributed by atoms with van der Waals surface area (Å²) in [5.74, 6) is 0.565. The number of hydrogen-bond donors (Lipinski definition) is 1. The van der Waals surface area contributed by atoms with Gasteiger partial charge in [0.2, 0.25) is 0 Å². The number of halogens is 1. The van der Waals surface area contributed by atoms with Crippen LogP contribution in [0, 0.1) is 5.92 Å².